The van der Waals surface area contributed by atoms with Gasteiger partial charge in [-0.1, -0.05) is 26.8 Å². The van der Waals surface area contributed by atoms with Crippen LogP contribution in [0.5, 0.6) is 17.2 Å². The Morgan fingerprint density at radius 2 is 1.87 bits per heavy atom. The summed E-state index contributed by atoms with van der Waals surface area (Å²) in [5, 5.41) is 13.9. The maximum absolute atomic E-state index is 14.9. The molecule has 2 aromatic carbocycles. The number of anilines is 1. The molecule has 9 heteroatoms. The zero-order chi connectivity index (χ0) is 26.7. The summed E-state index contributed by atoms with van der Waals surface area (Å²) in [6.45, 7) is 8.02. The molecule has 0 saturated carbocycles. The fourth-order valence-electron chi connectivity index (χ4n) is 4.36. The molecule has 198 valence electrons. The lowest BCUT2D eigenvalue weighted by molar-refractivity contribution is -0.115. The zero-order valence-electron chi connectivity index (χ0n) is 21.8. The average molecular weight is 518 g/mol. The summed E-state index contributed by atoms with van der Waals surface area (Å²) in [7, 11) is 0. The third kappa shape index (κ3) is 6.11. The van der Waals surface area contributed by atoms with Crippen molar-refractivity contribution in [2.45, 2.75) is 51.6 Å². The molecule has 2 aromatic heterocycles. The normalized spacial score (nSPS) is 14.4. The molecule has 8 nitrogen and oxygen atoms in total. The predicted molar refractivity (Wildman–Crippen MR) is 144 cm³/mol. The van der Waals surface area contributed by atoms with Gasteiger partial charge in [0.1, 0.15) is 29.2 Å². The highest BCUT2D eigenvalue weighted by Gasteiger charge is 2.19. The summed E-state index contributed by atoms with van der Waals surface area (Å²) in [6, 6.07) is 13.7. The van der Waals surface area contributed by atoms with E-state index in [1.54, 1.807) is 30.5 Å². The number of rotatable bonds is 7. The van der Waals surface area contributed by atoms with Crippen molar-refractivity contribution in [3.8, 4) is 17.2 Å². The number of benzene rings is 2. The number of piperidine rings is 1. The van der Waals surface area contributed by atoms with Gasteiger partial charge in [0.25, 0.3) is 0 Å². The fraction of sp³-hybridized carbons (Fsp3) is 0.345. The second-order valence-electron chi connectivity index (χ2n) is 10.6. The van der Waals surface area contributed by atoms with Crippen LogP contribution < -0.4 is 20.1 Å². The highest BCUT2D eigenvalue weighted by Crippen LogP contribution is 2.33. The molecule has 1 aliphatic rings. The summed E-state index contributed by atoms with van der Waals surface area (Å²) in [5.74, 6) is 1.15. The molecule has 1 saturated heterocycles. The van der Waals surface area contributed by atoms with Gasteiger partial charge in [-0.15, -0.1) is 0 Å². The van der Waals surface area contributed by atoms with Crippen LogP contribution in [-0.2, 0) is 16.6 Å². The maximum Gasteiger partial charge on any atom is 0.230 e. The Morgan fingerprint density at radius 3 is 2.61 bits per heavy atom. The minimum absolute atomic E-state index is 0.125. The van der Waals surface area contributed by atoms with Crippen LogP contribution >= 0.6 is 0 Å². The molecule has 38 heavy (non-hydrogen) atoms. The molecule has 0 aliphatic carbocycles. The van der Waals surface area contributed by atoms with Crippen LogP contribution in [0.1, 0.15) is 44.9 Å². The Labute approximate surface area is 221 Å². The summed E-state index contributed by atoms with van der Waals surface area (Å²) >= 11 is 0. The highest BCUT2D eigenvalue weighted by atomic mass is 19.1. The molecule has 1 amide bonds. The van der Waals surface area contributed by atoms with Crippen molar-refractivity contribution in [2.24, 2.45) is 0 Å². The van der Waals surface area contributed by atoms with Gasteiger partial charge in [-0.05, 0) is 61.8 Å². The number of hydrogen-bond acceptors (Lipinski definition) is 6. The summed E-state index contributed by atoms with van der Waals surface area (Å²) < 4.78 is 27.2. The number of nitrogens with zero attached hydrogens (tertiary/aromatic N) is 2. The van der Waals surface area contributed by atoms with Gasteiger partial charge in [0.2, 0.25) is 5.91 Å². The Balaban J connectivity index is 1.27. The highest BCUT2D eigenvalue weighted by molar-refractivity contribution is 5.91. The number of nitrogens with one attached hydrogen (secondary N) is 3. The third-order valence-corrected chi connectivity index (χ3v) is 6.52. The Kier molecular flexibility index (Phi) is 7.28. The number of carbonyl (C=O) groups excluding carboxylic acids is 1. The van der Waals surface area contributed by atoms with Crippen LogP contribution in [0, 0.1) is 5.82 Å². The van der Waals surface area contributed by atoms with Crippen LogP contribution in [0.4, 0.5) is 10.2 Å². The monoisotopic (exact) mass is 517 g/mol. The van der Waals surface area contributed by atoms with Gasteiger partial charge in [-0.3, -0.25) is 14.9 Å². The van der Waals surface area contributed by atoms with Crippen molar-refractivity contribution in [3.05, 3.63) is 71.8 Å². The number of aromatic nitrogens is 3. The Morgan fingerprint density at radius 1 is 1.08 bits per heavy atom. The molecule has 0 radical (unpaired) electrons. The lowest BCUT2D eigenvalue weighted by Gasteiger charge is -2.24. The Bertz CT molecular complexity index is 1440. The number of fused-ring (bicyclic) bond motifs is 1. The summed E-state index contributed by atoms with van der Waals surface area (Å²) in [4.78, 5) is 16.9. The SMILES string of the molecule is CC(C)(C)c1cc(NC(=O)Cc2ccc(Oc3ccnc4ccc(OC5CCNCC5)cc34)cc2F)n[nH]1. The zero-order valence-corrected chi connectivity index (χ0v) is 21.8. The van der Waals surface area contributed by atoms with Crippen LogP contribution in [0.2, 0.25) is 0 Å². The largest absolute Gasteiger partial charge is 0.490 e. The topological polar surface area (TPSA) is 101 Å². The number of ether oxygens (including phenoxy) is 2. The van der Waals surface area contributed by atoms with Crippen molar-refractivity contribution in [1.82, 2.24) is 20.5 Å². The van der Waals surface area contributed by atoms with Crippen LogP contribution in [-0.4, -0.2) is 40.3 Å². The number of H-pyrrole nitrogens is 1. The molecule has 0 bridgehead atoms. The van der Waals surface area contributed by atoms with Gasteiger partial charge in [-0.25, -0.2) is 4.39 Å². The van der Waals surface area contributed by atoms with Crippen molar-refractivity contribution in [3.63, 3.8) is 0 Å². The van der Waals surface area contributed by atoms with Crippen molar-refractivity contribution < 1.29 is 18.7 Å². The molecule has 0 unspecified atom stereocenters. The standard InChI is InChI=1S/C29H32FN5O3/c1-29(2,3)26-17-27(35-34-26)33-28(36)14-18-4-5-21(16-23(18)30)38-25-10-13-32-24-7-6-20(15-22(24)25)37-19-8-11-31-12-9-19/h4-7,10,13,15-17,19,31H,8-9,11-12,14H2,1-3H3,(H2,33,34,35,36). The number of aromatic amines is 1. The first-order chi connectivity index (χ1) is 18.2. The molecule has 5 rings (SSSR count). The van der Waals surface area contributed by atoms with Gasteiger partial charge in [0.15, 0.2) is 5.82 Å². The second-order valence-corrected chi connectivity index (χ2v) is 10.6. The van der Waals surface area contributed by atoms with E-state index in [0.29, 0.717) is 17.3 Å². The number of hydrogen-bond donors (Lipinski definition) is 3. The molecule has 4 aromatic rings. The molecule has 1 fully saturated rings. The van der Waals surface area contributed by atoms with Gasteiger partial charge in [0.05, 0.1) is 11.9 Å². The number of pyridine rings is 1. The average Bonchev–Trinajstić information content (AvgIpc) is 3.36. The van der Waals surface area contributed by atoms with Crippen LogP contribution in [0.3, 0.4) is 0 Å². The molecule has 3 heterocycles. The first-order valence-electron chi connectivity index (χ1n) is 12.8. The van der Waals surface area contributed by atoms with Crippen molar-refractivity contribution in [2.75, 3.05) is 18.4 Å². The summed E-state index contributed by atoms with van der Waals surface area (Å²) in [5.41, 5.74) is 1.79. The fourth-order valence-corrected chi connectivity index (χ4v) is 4.36. The molecular weight excluding hydrogens is 485 g/mol. The lowest BCUT2D eigenvalue weighted by atomic mass is 9.92. The first kappa shape index (κ1) is 25.7. The van der Waals surface area contributed by atoms with E-state index in [4.69, 9.17) is 9.47 Å². The maximum atomic E-state index is 14.9. The van der Waals surface area contributed by atoms with E-state index in [0.717, 1.165) is 48.3 Å². The van der Waals surface area contributed by atoms with E-state index < -0.39 is 5.82 Å². The van der Waals surface area contributed by atoms with Gasteiger partial charge < -0.3 is 20.1 Å². The van der Waals surface area contributed by atoms with E-state index in [9.17, 15) is 9.18 Å². The Hall–Kier alpha value is -3.98. The summed E-state index contributed by atoms with van der Waals surface area (Å²) in [6.07, 6.45) is 3.61. The molecule has 3 N–H and O–H groups in total. The van der Waals surface area contributed by atoms with E-state index in [-0.39, 0.29) is 29.4 Å². The van der Waals surface area contributed by atoms with Crippen molar-refractivity contribution in [1.29, 1.82) is 0 Å². The number of carbonyl (C=O) groups is 1. The smallest absolute Gasteiger partial charge is 0.230 e. The van der Waals surface area contributed by atoms with Gasteiger partial charge >= 0.3 is 0 Å². The molecular formula is C29H32FN5O3. The predicted octanol–water partition coefficient (Wildman–Crippen LogP) is 5.50. The minimum Gasteiger partial charge on any atom is -0.490 e. The van der Waals surface area contributed by atoms with Gasteiger partial charge in [-0.2, -0.15) is 5.10 Å². The van der Waals surface area contributed by atoms with Crippen molar-refractivity contribution >= 4 is 22.6 Å². The van der Waals surface area contributed by atoms with Crippen LogP contribution in [0.25, 0.3) is 10.9 Å². The first-order valence-corrected chi connectivity index (χ1v) is 12.8. The third-order valence-electron chi connectivity index (χ3n) is 6.52. The second kappa shape index (κ2) is 10.8. The quantitative estimate of drug-likeness (QED) is 0.299. The molecule has 1 aliphatic heterocycles. The number of halogens is 1. The van der Waals surface area contributed by atoms with Crippen LogP contribution in [0.15, 0.2) is 54.7 Å². The molecule has 0 spiro atoms. The molecule has 0 atom stereocenters. The van der Waals surface area contributed by atoms with Gasteiger partial charge in [0, 0.05) is 34.8 Å². The number of amides is 1. The lowest BCUT2D eigenvalue weighted by Crippen LogP contribution is -2.34. The van der Waals surface area contributed by atoms with E-state index in [1.807, 2.05) is 39.0 Å². The van der Waals surface area contributed by atoms with E-state index in [2.05, 4.69) is 25.8 Å². The minimum atomic E-state index is -0.525. The van der Waals surface area contributed by atoms with E-state index in [1.165, 1.54) is 6.07 Å². The van der Waals surface area contributed by atoms with E-state index >= 15 is 0 Å².